The third-order valence-electron chi connectivity index (χ3n) is 1.77. The summed E-state index contributed by atoms with van der Waals surface area (Å²) in [5.74, 6) is -5.05. The Morgan fingerprint density at radius 2 is 1.64 bits per heavy atom. The topological polar surface area (TPSA) is 17.1 Å². The number of carbonyl (C=O) groups excluding carboxylic acids is 1. The van der Waals surface area contributed by atoms with Gasteiger partial charge in [0, 0.05) is 6.92 Å². The van der Waals surface area contributed by atoms with E-state index in [1.54, 1.807) is 0 Å². The van der Waals surface area contributed by atoms with Gasteiger partial charge in [0.25, 0.3) is 0 Å². The van der Waals surface area contributed by atoms with Crippen LogP contribution in [0.15, 0.2) is 22.2 Å². The monoisotopic (exact) mass is 238 g/mol. The van der Waals surface area contributed by atoms with Crippen molar-refractivity contribution in [1.82, 2.24) is 0 Å². The van der Waals surface area contributed by atoms with Crippen LogP contribution in [0.5, 0.6) is 0 Å². The van der Waals surface area contributed by atoms with Crippen molar-refractivity contribution < 1.29 is 29.6 Å². The summed E-state index contributed by atoms with van der Waals surface area (Å²) >= 11 is 0. The van der Waals surface area contributed by atoms with Gasteiger partial charge in [0.05, 0.1) is 5.41 Å². The zero-order valence-electron chi connectivity index (χ0n) is 6.66. The van der Waals surface area contributed by atoms with Crippen molar-refractivity contribution in [3.8, 4) is 0 Å². The summed E-state index contributed by atoms with van der Waals surface area (Å²) in [6.45, 7) is 0.0313. The van der Waals surface area contributed by atoms with Crippen LogP contribution in [0.4, 0.5) is 24.8 Å². The predicted octanol–water partition coefficient (Wildman–Crippen LogP) is 4.00. The summed E-state index contributed by atoms with van der Waals surface area (Å²) in [6.07, 6.45) is 0. The van der Waals surface area contributed by atoms with Crippen LogP contribution in [0.1, 0.15) is 6.92 Å². The van der Waals surface area contributed by atoms with Crippen molar-refractivity contribution in [3.05, 3.63) is 22.2 Å². The van der Waals surface area contributed by atoms with E-state index >= 15 is 0 Å². The summed E-state index contributed by atoms with van der Waals surface area (Å²) in [4.78, 5) is 10.4. The van der Waals surface area contributed by atoms with Gasteiger partial charge in [0.2, 0.25) is 16.1 Å². The standard InChI is InChI=1S/C6H4F6OS/c1-3(13)14(10,11,12)2-4(7)5(8)6(14)9/h2H,1H3. The van der Waals surface area contributed by atoms with Crippen LogP contribution in [0.25, 0.3) is 0 Å². The molecule has 0 spiro atoms. The molecule has 0 fully saturated rings. The molecule has 0 aromatic rings. The number of hydrogen-bond donors (Lipinski definition) is 0. The fourth-order valence-electron chi connectivity index (χ4n) is 0.825. The summed E-state index contributed by atoms with van der Waals surface area (Å²) in [5, 5.41) is -6.98. The van der Waals surface area contributed by atoms with E-state index in [2.05, 4.69) is 0 Å². The molecule has 0 saturated carbocycles. The molecule has 0 aromatic carbocycles. The molecular formula is C6H4F6OS. The Balaban J connectivity index is 3.75. The van der Waals surface area contributed by atoms with Gasteiger partial charge >= 0.3 is 0 Å². The quantitative estimate of drug-likeness (QED) is 0.583. The molecule has 0 radical (unpaired) electrons. The summed E-state index contributed by atoms with van der Waals surface area (Å²) in [6, 6.07) is 0. The van der Waals surface area contributed by atoms with Gasteiger partial charge in [-0.3, -0.25) is 4.79 Å². The third kappa shape index (κ3) is 0.969. The van der Waals surface area contributed by atoms with Crippen LogP contribution in [-0.4, -0.2) is 5.12 Å². The van der Waals surface area contributed by atoms with Gasteiger partial charge in [-0.15, -0.1) is 11.7 Å². The van der Waals surface area contributed by atoms with E-state index in [9.17, 15) is 29.6 Å². The minimum atomic E-state index is -8.65. The molecule has 8 heteroatoms. The van der Waals surface area contributed by atoms with E-state index in [0.29, 0.717) is 0 Å². The van der Waals surface area contributed by atoms with Gasteiger partial charge in [-0.1, -0.05) is 0 Å². The average molecular weight is 238 g/mol. The van der Waals surface area contributed by atoms with Gasteiger partial charge in [-0.25, -0.2) is 4.39 Å². The van der Waals surface area contributed by atoms with E-state index in [1.165, 1.54) is 0 Å². The van der Waals surface area contributed by atoms with Crippen molar-refractivity contribution in [2.75, 3.05) is 0 Å². The highest BCUT2D eigenvalue weighted by Gasteiger charge is 2.74. The van der Waals surface area contributed by atoms with Crippen LogP contribution >= 0.6 is 9.45 Å². The Morgan fingerprint density at radius 1 is 1.21 bits per heavy atom. The molecule has 82 valence electrons. The molecule has 1 aliphatic heterocycles. The van der Waals surface area contributed by atoms with E-state index < -0.39 is 36.8 Å². The lowest BCUT2D eigenvalue weighted by atomic mass is 10.5. The zero-order valence-corrected chi connectivity index (χ0v) is 7.48. The Morgan fingerprint density at radius 3 is 1.79 bits per heavy atom. The lowest BCUT2D eigenvalue weighted by molar-refractivity contribution is -0.111. The first-order valence-electron chi connectivity index (χ1n) is 3.17. The minimum Gasteiger partial charge on any atom is -0.283 e. The Bertz CT molecular complexity index is 411. The molecule has 14 heavy (non-hydrogen) atoms. The molecule has 0 saturated heterocycles. The Hall–Kier alpha value is -0.920. The van der Waals surface area contributed by atoms with Gasteiger partial charge in [-0.05, 0) is 0 Å². The first-order valence-corrected chi connectivity index (χ1v) is 5.38. The fraction of sp³-hybridized carbons (Fsp3) is 0.167. The van der Waals surface area contributed by atoms with Crippen LogP contribution in [0, 0.1) is 0 Å². The number of rotatable bonds is 0. The Labute approximate surface area is 74.2 Å². The highest BCUT2D eigenvalue weighted by atomic mass is 32.4. The first-order chi connectivity index (χ1) is 5.95. The molecule has 0 unspecified atom stereocenters. The second kappa shape index (κ2) is 2.02. The maximum Gasteiger partial charge on any atom is 0.246 e. The molecule has 1 rings (SSSR count). The van der Waals surface area contributed by atoms with Crippen molar-refractivity contribution >= 4 is 14.6 Å². The summed E-state index contributed by atoms with van der Waals surface area (Å²) in [5.41, 5.74) is 0. The van der Waals surface area contributed by atoms with Gasteiger partial charge in [0.15, 0.2) is 15.3 Å². The lowest BCUT2D eigenvalue weighted by Crippen LogP contribution is -2.24. The molecule has 0 amide bonds. The number of carbonyl (C=O) groups is 1. The van der Waals surface area contributed by atoms with E-state index in [4.69, 9.17) is 0 Å². The third-order valence-corrected chi connectivity index (χ3v) is 4.72. The largest absolute Gasteiger partial charge is 0.283 e. The summed E-state index contributed by atoms with van der Waals surface area (Å²) < 4.78 is 76.5. The second-order valence-electron chi connectivity index (χ2n) is 2.79. The van der Waals surface area contributed by atoms with Crippen LogP contribution in [-0.2, 0) is 4.79 Å². The molecule has 0 bridgehead atoms. The van der Waals surface area contributed by atoms with E-state index in [-0.39, 0.29) is 6.92 Å². The lowest BCUT2D eigenvalue weighted by Gasteiger charge is -2.48. The van der Waals surface area contributed by atoms with Crippen molar-refractivity contribution in [2.24, 2.45) is 0 Å². The van der Waals surface area contributed by atoms with Gasteiger partial charge < -0.3 is 0 Å². The molecule has 0 atom stereocenters. The average Bonchev–Trinajstić information content (AvgIpc) is 2.11. The molecular weight excluding hydrogens is 234 g/mol. The summed E-state index contributed by atoms with van der Waals surface area (Å²) in [7, 11) is -8.65. The molecule has 0 aliphatic carbocycles. The molecule has 0 N–H and O–H groups in total. The second-order valence-corrected chi connectivity index (χ2v) is 6.44. The minimum absolute atomic E-state index is 0.0313. The maximum absolute atomic E-state index is 13.2. The molecule has 1 heterocycles. The number of halogens is 6. The van der Waals surface area contributed by atoms with Gasteiger partial charge in [-0.2, -0.15) is 8.78 Å². The SMILES string of the molecule is CC(=O)S1(F)(F)(F)C=C(F)C(F)=C1F. The normalized spacial score (nSPS) is 32.4. The highest BCUT2D eigenvalue weighted by Crippen LogP contribution is 3.03. The number of hydrogen-bond acceptors (Lipinski definition) is 1. The predicted molar refractivity (Wildman–Crippen MR) is 40.0 cm³/mol. The number of allylic oxidation sites excluding steroid dienone is 2. The zero-order chi connectivity index (χ0) is 11.4. The van der Waals surface area contributed by atoms with E-state index in [0.717, 1.165) is 0 Å². The molecule has 0 aromatic heterocycles. The first kappa shape index (κ1) is 11.2. The van der Waals surface area contributed by atoms with Gasteiger partial charge in [0.1, 0.15) is 0 Å². The van der Waals surface area contributed by atoms with Crippen LogP contribution < -0.4 is 0 Å². The van der Waals surface area contributed by atoms with Crippen molar-refractivity contribution in [1.29, 1.82) is 0 Å². The molecule has 1 aliphatic rings. The van der Waals surface area contributed by atoms with Crippen LogP contribution in [0.3, 0.4) is 0 Å². The highest BCUT2D eigenvalue weighted by molar-refractivity contribution is 8.68. The van der Waals surface area contributed by atoms with Crippen molar-refractivity contribution in [3.63, 3.8) is 0 Å². The smallest absolute Gasteiger partial charge is 0.246 e. The Kier molecular flexibility index (Phi) is 1.61. The maximum atomic E-state index is 13.2. The fourth-order valence-corrected chi connectivity index (χ4v) is 2.39. The molecule has 1 nitrogen and oxygen atoms in total. The van der Waals surface area contributed by atoms with Crippen LogP contribution in [0.2, 0.25) is 0 Å². The van der Waals surface area contributed by atoms with E-state index in [1.807, 2.05) is 0 Å². The van der Waals surface area contributed by atoms with Crippen molar-refractivity contribution in [2.45, 2.75) is 6.92 Å².